The molecule has 4 nitrogen and oxygen atoms in total. The molecule has 0 spiro atoms. The van der Waals surface area contributed by atoms with Gasteiger partial charge < -0.3 is 9.84 Å². The third kappa shape index (κ3) is 4.45. The summed E-state index contributed by atoms with van der Waals surface area (Å²) in [4.78, 5) is 12.1. The third-order valence-electron chi connectivity index (χ3n) is 3.63. The monoisotopic (exact) mass is 286 g/mol. The molecular weight excluding hydrogens is 264 g/mol. The lowest BCUT2D eigenvalue weighted by atomic mass is 10.1. The number of benzene rings is 1. The summed E-state index contributed by atoms with van der Waals surface area (Å²) in [6.45, 7) is 5.73. The standard InChI is InChI=1S/C17H22N2O2/c1-12(9-10-15-7-5-4-6-8-15)18-17(20)11-16-13(2)19-21-14(16)3/h4-8,12H,9-11H2,1-3H3,(H,18,20). The van der Waals surface area contributed by atoms with Gasteiger partial charge in [-0.2, -0.15) is 0 Å². The van der Waals surface area contributed by atoms with Crippen LogP contribution in [0.1, 0.15) is 35.9 Å². The SMILES string of the molecule is Cc1noc(C)c1CC(=O)NC(C)CCc1ccccc1. The molecule has 0 fully saturated rings. The first-order chi connectivity index (χ1) is 10.1. The van der Waals surface area contributed by atoms with Gasteiger partial charge in [0.05, 0.1) is 12.1 Å². The van der Waals surface area contributed by atoms with Crippen molar-refractivity contribution < 1.29 is 9.32 Å². The first kappa shape index (κ1) is 15.3. The molecular formula is C17H22N2O2. The van der Waals surface area contributed by atoms with Crippen LogP contribution in [-0.2, 0) is 17.6 Å². The van der Waals surface area contributed by atoms with Crippen molar-refractivity contribution in [3.8, 4) is 0 Å². The highest BCUT2D eigenvalue weighted by molar-refractivity contribution is 5.79. The lowest BCUT2D eigenvalue weighted by Gasteiger charge is -2.13. The predicted molar refractivity (Wildman–Crippen MR) is 82.0 cm³/mol. The average Bonchev–Trinajstić information content (AvgIpc) is 2.78. The van der Waals surface area contributed by atoms with Crippen LogP contribution in [0.5, 0.6) is 0 Å². The van der Waals surface area contributed by atoms with Crippen molar-refractivity contribution in [2.75, 3.05) is 0 Å². The zero-order valence-electron chi connectivity index (χ0n) is 12.8. The first-order valence-electron chi connectivity index (χ1n) is 7.31. The number of amides is 1. The van der Waals surface area contributed by atoms with Gasteiger partial charge in [-0.3, -0.25) is 4.79 Å². The van der Waals surface area contributed by atoms with E-state index in [9.17, 15) is 4.79 Å². The van der Waals surface area contributed by atoms with Gasteiger partial charge in [-0.15, -0.1) is 0 Å². The normalized spacial score (nSPS) is 12.1. The third-order valence-corrected chi connectivity index (χ3v) is 3.63. The van der Waals surface area contributed by atoms with Crippen molar-refractivity contribution >= 4 is 5.91 Å². The molecule has 0 aliphatic rings. The summed E-state index contributed by atoms with van der Waals surface area (Å²) in [6.07, 6.45) is 2.22. The topological polar surface area (TPSA) is 55.1 Å². The number of nitrogens with zero attached hydrogens (tertiary/aromatic N) is 1. The van der Waals surface area contributed by atoms with Gasteiger partial charge in [0.1, 0.15) is 5.76 Å². The molecule has 2 aromatic rings. The molecule has 1 atom stereocenters. The molecule has 0 saturated carbocycles. The molecule has 0 aliphatic heterocycles. The molecule has 21 heavy (non-hydrogen) atoms. The smallest absolute Gasteiger partial charge is 0.224 e. The fraction of sp³-hybridized carbons (Fsp3) is 0.412. The van der Waals surface area contributed by atoms with E-state index in [1.54, 1.807) is 0 Å². The number of rotatable bonds is 6. The van der Waals surface area contributed by atoms with E-state index in [0.717, 1.165) is 29.9 Å². The Hall–Kier alpha value is -2.10. The van der Waals surface area contributed by atoms with E-state index in [0.29, 0.717) is 6.42 Å². The van der Waals surface area contributed by atoms with Crippen LogP contribution in [0.4, 0.5) is 0 Å². The largest absolute Gasteiger partial charge is 0.361 e. The molecule has 1 amide bonds. The summed E-state index contributed by atoms with van der Waals surface area (Å²) in [6, 6.07) is 10.5. The molecule has 0 saturated heterocycles. The van der Waals surface area contributed by atoms with Crippen molar-refractivity contribution in [1.82, 2.24) is 10.5 Å². The quantitative estimate of drug-likeness (QED) is 0.888. The summed E-state index contributed by atoms with van der Waals surface area (Å²) in [5.41, 5.74) is 2.98. The molecule has 0 aliphatic carbocycles. The van der Waals surface area contributed by atoms with Crippen LogP contribution in [0, 0.1) is 13.8 Å². The number of aryl methyl sites for hydroxylation is 3. The molecule has 2 rings (SSSR count). The van der Waals surface area contributed by atoms with E-state index < -0.39 is 0 Å². The van der Waals surface area contributed by atoms with Crippen molar-refractivity contribution in [2.24, 2.45) is 0 Å². The van der Waals surface area contributed by atoms with Crippen LogP contribution in [0.25, 0.3) is 0 Å². The second kappa shape index (κ2) is 7.07. The zero-order chi connectivity index (χ0) is 15.2. The number of hydrogen-bond acceptors (Lipinski definition) is 3. The molecule has 1 aromatic heterocycles. The number of nitrogens with one attached hydrogen (secondary N) is 1. The lowest BCUT2D eigenvalue weighted by Crippen LogP contribution is -2.34. The maximum atomic E-state index is 12.1. The number of hydrogen-bond donors (Lipinski definition) is 1. The molecule has 1 unspecified atom stereocenters. The first-order valence-corrected chi connectivity index (χ1v) is 7.31. The van der Waals surface area contributed by atoms with Gasteiger partial charge in [-0.25, -0.2) is 0 Å². The maximum absolute atomic E-state index is 12.1. The van der Waals surface area contributed by atoms with E-state index in [1.807, 2.05) is 39.0 Å². The molecule has 0 bridgehead atoms. The number of carbonyl (C=O) groups excluding carboxylic acids is 1. The Labute approximate surface area is 125 Å². The number of aromatic nitrogens is 1. The van der Waals surface area contributed by atoms with Gasteiger partial charge >= 0.3 is 0 Å². The fourth-order valence-corrected chi connectivity index (χ4v) is 2.34. The molecule has 1 aromatic carbocycles. The van der Waals surface area contributed by atoms with E-state index >= 15 is 0 Å². The Balaban J connectivity index is 1.80. The van der Waals surface area contributed by atoms with Crippen LogP contribution in [0.15, 0.2) is 34.9 Å². The minimum absolute atomic E-state index is 0.0185. The van der Waals surface area contributed by atoms with Gasteiger partial charge in [0.15, 0.2) is 0 Å². The van der Waals surface area contributed by atoms with Crippen LogP contribution >= 0.6 is 0 Å². The van der Waals surface area contributed by atoms with Crippen LogP contribution in [0.2, 0.25) is 0 Å². The molecule has 4 heteroatoms. The Morgan fingerprint density at radius 1 is 1.29 bits per heavy atom. The Morgan fingerprint density at radius 3 is 2.62 bits per heavy atom. The highest BCUT2D eigenvalue weighted by Crippen LogP contribution is 2.13. The average molecular weight is 286 g/mol. The maximum Gasteiger partial charge on any atom is 0.224 e. The van der Waals surface area contributed by atoms with E-state index in [-0.39, 0.29) is 11.9 Å². The lowest BCUT2D eigenvalue weighted by molar-refractivity contribution is -0.121. The van der Waals surface area contributed by atoms with Gasteiger partial charge in [-0.1, -0.05) is 35.5 Å². The summed E-state index contributed by atoms with van der Waals surface area (Å²) in [5.74, 6) is 0.740. The minimum atomic E-state index is 0.0185. The fourth-order valence-electron chi connectivity index (χ4n) is 2.34. The van der Waals surface area contributed by atoms with Crippen LogP contribution in [-0.4, -0.2) is 17.1 Å². The molecule has 1 N–H and O–H groups in total. The van der Waals surface area contributed by atoms with Crippen molar-refractivity contribution in [1.29, 1.82) is 0 Å². The predicted octanol–water partition coefficient (Wildman–Crippen LogP) is 2.97. The summed E-state index contributed by atoms with van der Waals surface area (Å²) >= 11 is 0. The van der Waals surface area contributed by atoms with Gasteiger partial charge in [-0.05, 0) is 39.2 Å². The van der Waals surface area contributed by atoms with Gasteiger partial charge in [0.2, 0.25) is 5.91 Å². The van der Waals surface area contributed by atoms with Crippen molar-refractivity contribution in [2.45, 2.75) is 46.1 Å². The van der Waals surface area contributed by atoms with Crippen LogP contribution < -0.4 is 5.32 Å². The van der Waals surface area contributed by atoms with Gasteiger partial charge in [0, 0.05) is 11.6 Å². The molecule has 112 valence electrons. The highest BCUT2D eigenvalue weighted by atomic mass is 16.5. The number of carbonyl (C=O) groups is 1. The molecule has 1 heterocycles. The Morgan fingerprint density at radius 2 is 2.00 bits per heavy atom. The van der Waals surface area contributed by atoms with Crippen molar-refractivity contribution in [3.63, 3.8) is 0 Å². The second-order valence-electron chi connectivity index (χ2n) is 5.47. The van der Waals surface area contributed by atoms with Crippen LogP contribution in [0.3, 0.4) is 0 Å². The van der Waals surface area contributed by atoms with Crippen molar-refractivity contribution in [3.05, 3.63) is 52.9 Å². The summed E-state index contributed by atoms with van der Waals surface area (Å²) in [7, 11) is 0. The second-order valence-corrected chi connectivity index (χ2v) is 5.47. The zero-order valence-corrected chi connectivity index (χ0v) is 12.8. The Kier molecular flexibility index (Phi) is 5.14. The van der Waals surface area contributed by atoms with Gasteiger partial charge in [0.25, 0.3) is 0 Å². The Bertz CT molecular complexity index is 571. The summed E-state index contributed by atoms with van der Waals surface area (Å²) in [5, 5.41) is 6.90. The summed E-state index contributed by atoms with van der Waals surface area (Å²) < 4.78 is 5.08. The van der Waals surface area contributed by atoms with E-state index in [4.69, 9.17) is 4.52 Å². The highest BCUT2D eigenvalue weighted by Gasteiger charge is 2.14. The minimum Gasteiger partial charge on any atom is -0.361 e. The molecule has 0 radical (unpaired) electrons. The van der Waals surface area contributed by atoms with E-state index in [1.165, 1.54) is 5.56 Å². The van der Waals surface area contributed by atoms with E-state index in [2.05, 4.69) is 22.6 Å².